The van der Waals surface area contributed by atoms with Crippen molar-refractivity contribution in [3.05, 3.63) is 23.3 Å². The molecular weight excluding hydrogens is 396 g/mol. The molecule has 3 fully saturated rings. The minimum atomic E-state index is -0.881. The minimum Gasteiger partial charge on any atom is -0.465 e. The molecule has 168 valence electrons. The number of aliphatic hydroxyl groups is 1. The summed E-state index contributed by atoms with van der Waals surface area (Å²) in [5, 5.41) is 18.9. The van der Waals surface area contributed by atoms with Crippen LogP contribution in [0.4, 0.5) is 0 Å². The Bertz CT molecular complexity index is 935. The highest BCUT2D eigenvalue weighted by Gasteiger charge is 2.73. The van der Waals surface area contributed by atoms with E-state index in [0.717, 1.165) is 24.5 Å². The molecule has 3 aliphatic heterocycles. The van der Waals surface area contributed by atoms with Crippen molar-refractivity contribution in [3.63, 3.8) is 0 Å². The highest BCUT2D eigenvalue weighted by molar-refractivity contribution is 5.83. The minimum absolute atomic E-state index is 0.0185. The number of carbonyl (C=O) groups excluding carboxylic acids is 1. The summed E-state index contributed by atoms with van der Waals surface area (Å²) in [6.07, 6.45) is 1.72. The van der Waals surface area contributed by atoms with Gasteiger partial charge in [-0.3, -0.25) is 10.1 Å². The van der Waals surface area contributed by atoms with Crippen molar-refractivity contribution in [3.8, 4) is 11.5 Å². The van der Waals surface area contributed by atoms with Gasteiger partial charge in [0.15, 0.2) is 11.5 Å². The number of hydrogen-bond donors (Lipinski definition) is 3. The second kappa shape index (κ2) is 6.59. The quantitative estimate of drug-likeness (QED) is 0.632. The second-order valence-electron chi connectivity index (χ2n) is 10.4. The van der Waals surface area contributed by atoms with Gasteiger partial charge < -0.3 is 24.6 Å². The summed E-state index contributed by atoms with van der Waals surface area (Å²) >= 11 is 0. The molecule has 0 bridgehead atoms. The maximum absolute atomic E-state index is 13.5. The van der Waals surface area contributed by atoms with E-state index >= 15 is 0 Å². The van der Waals surface area contributed by atoms with Crippen LogP contribution in [0.1, 0.15) is 57.2 Å². The summed E-state index contributed by atoms with van der Waals surface area (Å²) in [7, 11) is 0. The number of aliphatic hydroxyl groups excluding tert-OH is 1. The van der Waals surface area contributed by atoms with E-state index in [9.17, 15) is 9.90 Å². The summed E-state index contributed by atoms with van der Waals surface area (Å²) in [4.78, 5) is 13.5. The Balaban J connectivity index is 1.56. The van der Waals surface area contributed by atoms with Gasteiger partial charge in [-0.25, -0.2) is 0 Å². The van der Waals surface area contributed by atoms with Crippen LogP contribution in [0.5, 0.6) is 11.5 Å². The van der Waals surface area contributed by atoms with Crippen LogP contribution in [0.3, 0.4) is 0 Å². The monoisotopic (exact) mass is 428 g/mol. The predicted octanol–water partition coefficient (Wildman–Crippen LogP) is 2.02. The smallest absolute Gasteiger partial charge is 0.326 e. The van der Waals surface area contributed by atoms with E-state index in [1.807, 2.05) is 6.92 Å². The molecule has 3 heterocycles. The molecule has 0 amide bonds. The van der Waals surface area contributed by atoms with Crippen LogP contribution < -0.4 is 20.1 Å². The fraction of sp³-hybridized carbons (Fsp3) is 0.708. The van der Waals surface area contributed by atoms with Crippen LogP contribution in [-0.4, -0.2) is 48.7 Å². The molecule has 2 unspecified atom stereocenters. The maximum Gasteiger partial charge on any atom is 0.326 e. The number of carbonyl (C=O) groups is 1. The van der Waals surface area contributed by atoms with Gasteiger partial charge in [0.1, 0.15) is 5.54 Å². The van der Waals surface area contributed by atoms with Crippen LogP contribution in [-0.2, 0) is 14.9 Å². The average Bonchev–Trinajstić information content (AvgIpc) is 3.46. The summed E-state index contributed by atoms with van der Waals surface area (Å²) in [5.74, 6) is 1.57. The molecule has 7 heteroatoms. The predicted molar refractivity (Wildman–Crippen MR) is 113 cm³/mol. The molecule has 7 atom stereocenters. The Kier molecular flexibility index (Phi) is 4.22. The number of ether oxygens (including phenoxy) is 3. The first-order valence-corrected chi connectivity index (χ1v) is 11.7. The third-order valence-electron chi connectivity index (χ3n) is 8.52. The van der Waals surface area contributed by atoms with Crippen molar-refractivity contribution in [1.82, 2.24) is 10.6 Å². The van der Waals surface area contributed by atoms with Crippen molar-refractivity contribution in [2.75, 3.05) is 19.9 Å². The Hall–Kier alpha value is -1.83. The van der Waals surface area contributed by atoms with Gasteiger partial charge in [-0.1, -0.05) is 13.8 Å². The van der Waals surface area contributed by atoms with Gasteiger partial charge in [0.2, 0.25) is 6.79 Å². The van der Waals surface area contributed by atoms with Crippen LogP contribution in [0.25, 0.3) is 0 Å². The van der Waals surface area contributed by atoms with Crippen molar-refractivity contribution in [1.29, 1.82) is 0 Å². The zero-order chi connectivity index (χ0) is 21.5. The van der Waals surface area contributed by atoms with Crippen molar-refractivity contribution >= 4 is 5.97 Å². The number of fused-ring (bicyclic) bond motifs is 3. The Morgan fingerprint density at radius 3 is 2.81 bits per heavy atom. The highest BCUT2D eigenvalue weighted by Crippen LogP contribution is 2.68. The molecule has 2 aliphatic carbocycles. The first-order chi connectivity index (χ1) is 14.9. The molecule has 1 aromatic rings. The van der Waals surface area contributed by atoms with E-state index in [1.54, 1.807) is 0 Å². The van der Waals surface area contributed by atoms with Gasteiger partial charge in [0.05, 0.1) is 12.7 Å². The molecule has 1 saturated carbocycles. The molecule has 31 heavy (non-hydrogen) atoms. The summed E-state index contributed by atoms with van der Waals surface area (Å²) in [6, 6.07) is 4.44. The third kappa shape index (κ3) is 2.37. The number of nitrogens with one attached hydrogen (secondary N) is 2. The SMILES string of the molecule is CCOC(=O)[C@@]1(CC(C)C)N[C@H]2c3cc4c(cc3[C@@]35CCNC3CC(O)[C@@H]1[C@@H]25)OCO4. The molecule has 6 rings (SSSR count). The van der Waals surface area contributed by atoms with Crippen molar-refractivity contribution in [2.24, 2.45) is 17.8 Å². The molecule has 1 spiro atoms. The molecule has 1 aromatic carbocycles. The van der Waals surface area contributed by atoms with Gasteiger partial charge in [0.25, 0.3) is 0 Å². The van der Waals surface area contributed by atoms with Gasteiger partial charge in [-0.15, -0.1) is 0 Å². The number of esters is 1. The normalized spacial score (nSPS) is 41.3. The third-order valence-corrected chi connectivity index (χ3v) is 8.52. The van der Waals surface area contributed by atoms with Gasteiger partial charge in [-0.2, -0.15) is 0 Å². The molecule has 0 aromatic heterocycles. The zero-order valence-corrected chi connectivity index (χ0v) is 18.4. The van der Waals surface area contributed by atoms with Crippen molar-refractivity contribution in [2.45, 2.75) is 69.2 Å². The van der Waals surface area contributed by atoms with Gasteiger partial charge in [-0.05, 0) is 67.8 Å². The van der Waals surface area contributed by atoms with E-state index in [-0.39, 0.29) is 48.0 Å². The molecule has 2 saturated heterocycles. The van der Waals surface area contributed by atoms with Crippen LogP contribution >= 0.6 is 0 Å². The Morgan fingerprint density at radius 1 is 1.29 bits per heavy atom. The van der Waals surface area contributed by atoms with E-state index in [2.05, 4.69) is 36.6 Å². The van der Waals surface area contributed by atoms with E-state index < -0.39 is 11.6 Å². The fourth-order valence-electron chi connectivity index (χ4n) is 7.82. The number of rotatable bonds is 4. The van der Waals surface area contributed by atoms with Gasteiger partial charge in [0, 0.05) is 23.4 Å². The lowest BCUT2D eigenvalue weighted by molar-refractivity contribution is -0.158. The molecule has 5 aliphatic rings. The fourth-order valence-corrected chi connectivity index (χ4v) is 7.82. The lowest BCUT2D eigenvalue weighted by Crippen LogP contribution is -2.63. The summed E-state index contributed by atoms with van der Waals surface area (Å²) in [6.45, 7) is 7.61. The first kappa shape index (κ1) is 19.8. The average molecular weight is 429 g/mol. The maximum atomic E-state index is 13.5. The van der Waals surface area contributed by atoms with E-state index in [1.165, 1.54) is 11.1 Å². The van der Waals surface area contributed by atoms with Crippen molar-refractivity contribution < 1.29 is 24.1 Å². The van der Waals surface area contributed by atoms with E-state index in [0.29, 0.717) is 19.4 Å². The summed E-state index contributed by atoms with van der Waals surface area (Å²) in [5.41, 5.74) is 1.49. The zero-order valence-electron chi connectivity index (χ0n) is 18.4. The lowest BCUT2D eigenvalue weighted by atomic mass is 9.55. The standard InChI is InChI=1S/C24H32N2O5/c1-4-29-22(28)24(10-12(2)3)19-15(27)9-18-23(5-6-25-18)14-8-17-16(30-11-31-17)7-13(14)21(26-24)20(19)23/h7-8,12,15,18-21,25-27H,4-6,9-11H2,1-3H3/t15?,18?,19-,20+,21+,23+,24+/m1/s1. The number of hydrogen-bond acceptors (Lipinski definition) is 7. The topological polar surface area (TPSA) is 89.1 Å². The Morgan fingerprint density at radius 2 is 2.06 bits per heavy atom. The highest BCUT2D eigenvalue weighted by atomic mass is 16.7. The molecule has 3 N–H and O–H groups in total. The molecular formula is C24H32N2O5. The van der Waals surface area contributed by atoms with Gasteiger partial charge >= 0.3 is 5.97 Å². The summed E-state index contributed by atoms with van der Waals surface area (Å²) < 4.78 is 17.1. The molecule has 0 radical (unpaired) electrons. The van der Waals surface area contributed by atoms with E-state index in [4.69, 9.17) is 14.2 Å². The van der Waals surface area contributed by atoms with Crippen LogP contribution in [0.2, 0.25) is 0 Å². The first-order valence-electron chi connectivity index (χ1n) is 11.7. The largest absolute Gasteiger partial charge is 0.465 e. The molecule has 7 nitrogen and oxygen atoms in total. The second-order valence-corrected chi connectivity index (χ2v) is 10.4. The van der Waals surface area contributed by atoms with Crippen LogP contribution in [0.15, 0.2) is 12.1 Å². The number of benzene rings is 1. The lowest BCUT2D eigenvalue weighted by Gasteiger charge is -2.50. The van der Waals surface area contributed by atoms with Crippen LogP contribution in [0, 0.1) is 17.8 Å². The Labute approximate surface area is 182 Å².